The van der Waals surface area contributed by atoms with E-state index < -0.39 is 0 Å². The lowest BCUT2D eigenvalue weighted by Gasteiger charge is -2.22. The van der Waals surface area contributed by atoms with Crippen LogP contribution in [-0.2, 0) is 0 Å². The van der Waals surface area contributed by atoms with Crippen molar-refractivity contribution in [2.24, 2.45) is 0 Å². The number of benzene rings is 1. The molecule has 1 aromatic rings. The molecule has 1 heterocycles. The summed E-state index contributed by atoms with van der Waals surface area (Å²) in [5.41, 5.74) is 0.496. The number of nitrogens with one attached hydrogen (secondary N) is 1. The van der Waals surface area contributed by atoms with Gasteiger partial charge in [0.25, 0.3) is 5.91 Å². The molecular weight excluding hydrogens is 315 g/mol. The Balaban J connectivity index is 1.69. The summed E-state index contributed by atoms with van der Waals surface area (Å²) >= 11 is 1.29. The summed E-state index contributed by atoms with van der Waals surface area (Å²) in [5.74, 6) is -0.451. The average molecular weight is 340 g/mol. The fourth-order valence-corrected chi connectivity index (χ4v) is 3.45. The lowest BCUT2D eigenvalue weighted by molar-refractivity contribution is 0.0952. The van der Waals surface area contributed by atoms with Gasteiger partial charge in [0.2, 0.25) is 0 Å². The van der Waals surface area contributed by atoms with E-state index >= 15 is 0 Å². The Bertz CT molecular complexity index is 527. The number of nitrogens with zero attached hydrogens (tertiary/aromatic N) is 1. The van der Waals surface area contributed by atoms with Crippen molar-refractivity contribution in [3.05, 3.63) is 29.6 Å². The molecule has 4 nitrogen and oxygen atoms in total. The predicted molar refractivity (Wildman–Crippen MR) is 91.4 cm³/mol. The molecule has 1 saturated heterocycles. The van der Waals surface area contributed by atoms with Crippen LogP contribution >= 0.6 is 11.8 Å². The zero-order valence-electron chi connectivity index (χ0n) is 13.6. The Morgan fingerprint density at radius 3 is 3.04 bits per heavy atom. The zero-order valence-corrected chi connectivity index (χ0v) is 14.4. The molecule has 1 aromatic carbocycles. The average Bonchev–Trinajstić information content (AvgIpc) is 3.02. The standard InChI is InChI=1S/C17H25FN2O2S/c1-23-16-11-13(6-7-15(16)18)17(22)19-8-2-3-9-20-10-4-5-14(20)12-21/h6-7,11,14,21H,2-5,8-10,12H2,1H3,(H,19,22). The van der Waals surface area contributed by atoms with Crippen molar-refractivity contribution >= 4 is 17.7 Å². The first-order valence-electron chi connectivity index (χ1n) is 8.12. The van der Waals surface area contributed by atoms with Gasteiger partial charge in [-0.15, -0.1) is 11.8 Å². The van der Waals surface area contributed by atoms with Gasteiger partial charge in [-0.25, -0.2) is 4.39 Å². The Hall–Kier alpha value is -1.11. The number of unbranched alkanes of at least 4 members (excludes halogenated alkanes) is 1. The van der Waals surface area contributed by atoms with E-state index in [4.69, 9.17) is 0 Å². The molecular formula is C17H25FN2O2S. The quantitative estimate of drug-likeness (QED) is 0.564. The normalized spacial score (nSPS) is 18.3. The minimum atomic E-state index is -0.293. The first kappa shape index (κ1) is 18.2. The second-order valence-corrected chi connectivity index (χ2v) is 6.68. The van der Waals surface area contributed by atoms with Crippen molar-refractivity contribution in [3.63, 3.8) is 0 Å². The van der Waals surface area contributed by atoms with E-state index in [-0.39, 0.29) is 18.3 Å². The molecule has 1 fully saturated rings. The Kier molecular flexibility index (Phi) is 7.33. The van der Waals surface area contributed by atoms with Crippen LogP contribution in [0.3, 0.4) is 0 Å². The van der Waals surface area contributed by atoms with Crippen molar-refractivity contribution in [3.8, 4) is 0 Å². The van der Waals surface area contributed by atoms with E-state index in [1.807, 2.05) is 0 Å². The molecule has 0 bridgehead atoms. The van der Waals surface area contributed by atoms with Gasteiger partial charge >= 0.3 is 0 Å². The molecule has 0 saturated carbocycles. The van der Waals surface area contributed by atoms with Crippen LogP contribution in [0.5, 0.6) is 0 Å². The van der Waals surface area contributed by atoms with Crippen molar-refractivity contribution in [1.82, 2.24) is 10.2 Å². The van der Waals surface area contributed by atoms with Gasteiger partial charge < -0.3 is 10.4 Å². The summed E-state index contributed by atoms with van der Waals surface area (Å²) in [6.45, 7) is 2.88. The van der Waals surface area contributed by atoms with Crippen LogP contribution in [0.2, 0.25) is 0 Å². The summed E-state index contributed by atoms with van der Waals surface area (Å²) in [4.78, 5) is 14.9. The van der Waals surface area contributed by atoms with Gasteiger partial charge in [-0.3, -0.25) is 9.69 Å². The number of rotatable bonds is 8. The highest BCUT2D eigenvalue weighted by atomic mass is 32.2. The molecule has 1 atom stereocenters. The third-order valence-corrected chi connectivity index (χ3v) is 5.03. The monoisotopic (exact) mass is 340 g/mol. The van der Waals surface area contributed by atoms with Crippen molar-refractivity contribution in [1.29, 1.82) is 0 Å². The molecule has 23 heavy (non-hydrogen) atoms. The number of amides is 1. The highest BCUT2D eigenvalue weighted by Crippen LogP contribution is 2.20. The van der Waals surface area contributed by atoms with Crippen LogP contribution in [0.4, 0.5) is 4.39 Å². The minimum absolute atomic E-state index is 0.158. The van der Waals surface area contributed by atoms with Crippen LogP contribution in [0.25, 0.3) is 0 Å². The van der Waals surface area contributed by atoms with Crippen LogP contribution in [0, 0.1) is 5.82 Å². The molecule has 0 radical (unpaired) electrons. The molecule has 0 aliphatic carbocycles. The van der Waals surface area contributed by atoms with E-state index in [1.54, 1.807) is 12.3 Å². The fraction of sp³-hybridized carbons (Fsp3) is 0.588. The number of thioether (sulfide) groups is 1. The maximum Gasteiger partial charge on any atom is 0.251 e. The van der Waals surface area contributed by atoms with Gasteiger partial charge in [0.15, 0.2) is 0 Å². The molecule has 2 N–H and O–H groups in total. The SMILES string of the molecule is CSc1cc(C(=O)NCCCCN2CCCC2CO)ccc1F. The van der Waals surface area contributed by atoms with Crippen LogP contribution < -0.4 is 5.32 Å². The van der Waals surface area contributed by atoms with Crippen LogP contribution in [0.15, 0.2) is 23.1 Å². The summed E-state index contributed by atoms with van der Waals surface area (Å²) in [6.07, 6.45) is 5.92. The van der Waals surface area contributed by atoms with E-state index in [9.17, 15) is 14.3 Å². The molecule has 128 valence electrons. The lowest BCUT2D eigenvalue weighted by atomic mass is 10.2. The van der Waals surface area contributed by atoms with Gasteiger partial charge in [0, 0.05) is 23.0 Å². The molecule has 1 unspecified atom stereocenters. The van der Waals surface area contributed by atoms with Crippen molar-refractivity contribution < 1.29 is 14.3 Å². The van der Waals surface area contributed by atoms with Gasteiger partial charge in [-0.05, 0) is 63.2 Å². The van der Waals surface area contributed by atoms with Gasteiger partial charge in [0.1, 0.15) is 5.82 Å². The Labute approximate surface area is 141 Å². The van der Waals surface area contributed by atoms with Gasteiger partial charge in [0.05, 0.1) is 6.61 Å². The number of halogens is 1. The number of likely N-dealkylation sites (tertiary alicyclic amines) is 1. The summed E-state index contributed by atoms with van der Waals surface area (Å²) in [6, 6.07) is 4.75. The fourth-order valence-electron chi connectivity index (χ4n) is 2.94. The minimum Gasteiger partial charge on any atom is -0.395 e. The third kappa shape index (κ3) is 5.19. The van der Waals surface area contributed by atoms with E-state index in [0.29, 0.717) is 23.0 Å². The maximum absolute atomic E-state index is 13.4. The first-order valence-corrected chi connectivity index (χ1v) is 9.35. The summed E-state index contributed by atoms with van der Waals surface area (Å²) in [5, 5.41) is 12.2. The van der Waals surface area contributed by atoms with Crippen LogP contribution in [0.1, 0.15) is 36.0 Å². The number of carbonyl (C=O) groups excluding carboxylic acids is 1. The van der Waals surface area contributed by atoms with E-state index in [0.717, 1.165) is 38.8 Å². The van der Waals surface area contributed by atoms with Gasteiger partial charge in [-0.2, -0.15) is 0 Å². The zero-order chi connectivity index (χ0) is 16.7. The summed E-state index contributed by atoms with van der Waals surface area (Å²) < 4.78 is 13.4. The molecule has 2 rings (SSSR count). The first-order chi connectivity index (χ1) is 11.2. The maximum atomic E-state index is 13.4. The lowest BCUT2D eigenvalue weighted by Crippen LogP contribution is -2.33. The Morgan fingerprint density at radius 2 is 2.30 bits per heavy atom. The predicted octanol–water partition coefficient (Wildman–Crippen LogP) is 2.51. The summed E-state index contributed by atoms with van der Waals surface area (Å²) in [7, 11) is 0. The van der Waals surface area contributed by atoms with Gasteiger partial charge in [-0.1, -0.05) is 0 Å². The second-order valence-electron chi connectivity index (χ2n) is 5.83. The third-order valence-electron chi connectivity index (χ3n) is 4.28. The second kappa shape index (κ2) is 9.25. The van der Waals surface area contributed by atoms with Crippen molar-refractivity contribution in [2.75, 3.05) is 32.5 Å². The topological polar surface area (TPSA) is 52.6 Å². The van der Waals surface area contributed by atoms with E-state index in [1.165, 1.54) is 23.9 Å². The molecule has 1 aliphatic rings. The number of carbonyl (C=O) groups is 1. The number of aliphatic hydroxyl groups is 1. The molecule has 0 spiro atoms. The smallest absolute Gasteiger partial charge is 0.251 e. The Morgan fingerprint density at radius 1 is 1.48 bits per heavy atom. The highest BCUT2D eigenvalue weighted by molar-refractivity contribution is 7.98. The molecule has 1 amide bonds. The van der Waals surface area contributed by atoms with Crippen molar-refractivity contribution in [2.45, 2.75) is 36.6 Å². The highest BCUT2D eigenvalue weighted by Gasteiger charge is 2.22. The number of hydrogen-bond acceptors (Lipinski definition) is 4. The number of hydrogen-bond donors (Lipinski definition) is 2. The van der Waals surface area contributed by atoms with Crippen LogP contribution in [-0.4, -0.2) is 54.5 Å². The number of aliphatic hydroxyl groups excluding tert-OH is 1. The molecule has 0 aromatic heterocycles. The molecule has 6 heteroatoms. The van der Waals surface area contributed by atoms with E-state index in [2.05, 4.69) is 10.2 Å². The largest absolute Gasteiger partial charge is 0.395 e. The molecule has 1 aliphatic heterocycles.